The highest BCUT2D eigenvalue weighted by atomic mass is 32.1. The van der Waals surface area contributed by atoms with Crippen LogP contribution in [0.4, 0.5) is 5.00 Å². The molecule has 2 aromatic heterocycles. The van der Waals surface area contributed by atoms with Gasteiger partial charge in [0.1, 0.15) is 11.1 Å². The summed E-state index contributed by atoms with van der Waals surface area (Å²) in [5.41, 5.74) is 2.61. The molecule has 0 fully saturated rings. The second-order valence-electron chi connectivity index (χ2n) is 8.00. The number of nitrogens with one attached hydrogen (secondary N) is 1. The maximum atomic E-state index is 12.7. The number of carbonyl (C=O) groups is 2. The number of hydrogen-bond acceptors (Lipinski definition) is 5. The molecule has 0 radical (unpaired) electrons. The molecular formula is C24H25N5O2S. The van der Waals surface area contributed by atoms with Gasteiger partial charge in [-0.05, 0) is 23.5 Å². The summed E-state index contributed by atoms with van der Waals surface area (Å²) in [5, 5.41) is 13.3. The Kier molecular flexibility index (Phi) is 6.66. The molecule has 3 heterocycles. The highest BCUT2D eigenvalue weighted by molar-refractivity contribution is 7.16. The number of nitrogens with zero attached hydrogens (tertiary/aromatic N) is 4. The van der Waals surface area contributed by atoms with Crippen molar-refractivity contribution in [1.82, 2.24) is 14.5 Å². The van der Waals surface area contributed by atoms with Gasteiger partial charge in [0.05, 0.1) is 18.4 Å². The summed E-state index contributed by atoms with van der Waals surface area (Å²) in [5.74, 6) is 0.0585. The number of amides is 2. The maximum Gasteiger partial charge on any atom is 0.225 e. The minimum Gasteiger partial charge on any atom is -0.337 e. The summed E-state index contributed by atoms with van der Waals surface area (Å²) in [4.78, 5) is 32.1. The van der Waals surface area contributed by atoms with Gasteiger partial charge in [-0.2, -0.15) is 5.26 Å². The van der Waals surface area contributed by atoms with E-state index in [0.29, 0.717) is 49.5 Å². The Morgan fingerprint density at radius 2 is 2.12 bits per heavy atom. The molecule has 0 spiro atoms. The number of rotatable bonds is 7. The molecule has 3 aromatic rings. The van der Waals surface area contributed by atoms with Gasteiger partial charge in [-0.1, -0.05) is 37.3 Å². The molecule has 0 bridgehead atoms. The number of nitriles is 1. The van der Waals surface area contributed by atoms with Crippen molar-refractivity contribution in [2.45, 2.75) is 45.2 Å². The van der Waals surface area contributed by atoms with Gasteiger partial charge in [-0.3, -0.25) is 9.59 Å². The first kappa shape index (κ1) is 21.8. The smallest absolute Gasteiger partial charge is 0.225 e. The van der Waals surface area contributed by atoms with Gasteiger partial charge in [-0.15, -0.1) is 11.3 Å². The number of thiophene rings is 1. The van der Waals surface area contributed by atoms with Crippen molar-refractivity contribution in [2.24, 2.45) is 0 Å². The molecule has 1 unspecified atom stereocenters. The normalized spacial score (nSPS) is 13.8. The van der Waals surface area contributed by atoms with E-state index in [1.807, 2.05) is 52.9 Å². The molecule has 1 aromatic carbocycles. The molecule has 0 aliphatic carbocycles. The third kappa shape index (κ3) is 4.89. The van der Waals surface area contributed by atoms with Crippen molar-refractivity contribution in [3.8, 4) is 6.07 Å². The highest BCUT2D eigenvalue weighted by Crippen LogP contribution is 2.37. The van der Waals surface area contributed by atoms with Gasteiger partial charge < -0.3 is 14.8 Å². The zero-order valence-corrected chi connectivity index (χ0v) is 18.8. The molecule has 164 valence electrons. The predicted molar refractivity (Wildman–Crippen MR) is 123 cm³/mol. The first-order valence-corrected chi connectivity index (χ1v) is 11.5. The van der Waals surface area contributed by atoms with Crippen LogP contribution in [0.3, 0.4) is 0 Å². The van der Waals surface area contributed by atoms with E-state index < -0.39 is 0 Å². The largest absolute Gasteiger partial charge is 0.337 e. The third-order valence-corrected chi connectivity index (χ3v) is 6.91. The number of hydrogen-bond donors (Lipinski definition) is 1. The summed E-state index contributed by atoms with van der Waals surface area (Å²) in [7, 11) is 0. The molecule has 0 saturated heterocycles. The second kappa shape index (κ2) is 9.79. The summed E-state index contributed by atoms with van der Waals surface area (Å²) in [6, 6.07) is 12.2. The minimum atomic E-state index is -0.107. The molecule has 2 amide bonds. The minimum absolute atomic E-state index is 0.0820. The summed E-state index contributed by atoms with van der Waals surface area (Å²) in [6.07, 6.45) is 6.62. The molecular weight excluding hydrogens is 422 g/mol. The topological polar surface area (TPSA) is 91.0 Å². The van der Waals surface area contributed by atoms with E-state index in [0.717, 1.165) is 16.0 Å². The number of imidazole rings is 1. The fourth-order valence-corrected chi connectivity index (χ4v) is 5.21. The lowest BCUT2D eigenvalue weighted by Crippen LogP contribution is -2.35. The summed E-state index contributed by atoms with van der Waals surface area (Å²) >= 11 is 1.41. The molecule has 4 rings (SSSR count). The van der Waals surface area contributed by atoms with E-state index in [4.69, 9.17) is 0 Å². The molecule has 0 saturated carbocycles. The van der Waals surface area contributed by atoms with E-state index in [9.17, 15) is 14.9 Å². The lowest BCUT2D eigenvalue weighted by Gasteiger charge is -2.27. The maximum absolute atomic E-state index is 12.7. The van der Waals surface area contributed by atoms with E-state index in [2.05, 4.69) is 16.4 Å². The van der Waals surface area contributed by atoms with Gasteiger partial charge in [0.2, 0.25) is 11.8 Å². The van der Waals surface area contributed by atoms with Crippen LogP contribution in [-0.2, 0) is 29.1 Å². The number of benzene rings is 1. The molecule has 1 N–H and O–H groups in total. The van der Waals surface area contributed by atoms with Crippen LogP contribution in [0.25, 0.3) is 0 Å². The molecule has 8 heteroatoms. The van der Waals surface area contributed by atoms with Gasteiger partial charge in [0.15, 0.2) is 0 Å². The highest BCUT2D eigenvalue weighted by Gasteiger charge is 2.27. The van der Waals surface area contributed by atoms with Gasteiger partial charge in [0.25, 0.3) is 0 Å². The van der Waals surface area contributed by atoms with Crippen molar-refractivity contribution >= 4 is 28.2 Å². The predicted octanol–water partition coefficient (Wildman–Crippen LogP) is 3.92. The fourth-order valence-electron chi connectivity index (χ4n) is 3.98. The van der Waals surface area contributed by atoms with Gasteiger partial charge in [-0.25, -0.2) is 4.98 Å². The number of anilines is 1. The van der Waals surface area contributed by atoms with E-state index in [-0.39, 0.29) is 17.7 Å². The van der Waals surface area contributed by atoms with Crippen molar-refractivity contribution in [3.63, 3.8) is 0 Å². The Morgan fingerprint density at radius 3 is 2.84 bits per heavy atom. The number of aromatic nitrogens is 2. The fraction of sp³-hybridized carbons (Fsp3) is 0.333. The van der Waals surface area contributed by atoms with Crippen LogP contribution >= 0.6 is 11.3 Å². The molecule has 32 heavy (non-hydrogen) atoms. The van der Waals surface area contributed by atoms with Crippen molar-refractivity contribution < 1.29 is 9.59 Å². The van der Waals surface area contributed by atoms with Crippen LogP contribution in [0.2, 0.25) is 0 Å². The van der Waals surface area contributed by atoms with Crippen LogP contribution in [0, 0.1) is 11.3 Å². The summed E-state index contributed by atoms with van der Waals surface area (Å²) in [6.45, 7) is 3.68. The summed E-state index contributed by atoms with van der Waals surface area (Å²) < 4.78 is 1.89. The standard InChI is InChI=1S/C24H25N5O2S/c1-17(18-5-3-2-4-6-18)13-22(30)27-24-20(14-25)19-7-11-29(15-21(19)32-24)23(31)8-10-28-12-9-26-16-28/h2-6,9,12,16-17H,7-8,10-11,13,15H2,1H3,(H,27,30). The van der Waals surface area contributed by atoms with Crippen LogP contribution in [0.15, 0.2) is 49.1 Å². The van der Waals surface area contributed by atoms with E-state index in [1.165, 1.54) is 11.3 Å². The third-order valence-electron chi connectivity index (χ3n) is 5.78. The Labute approximate surface area is 191 Å². The Morgan fingerprint density at radius 1 is 1.31 bits per heavy atom. The first-order valence-electron chi connectivity index (χ1n) is 10.7. The molecule has 1 aliphatic rings. The monoisotopic (exact) mass is 447 g/mol. The molecule has 1 atom stereocenters. The van der Waals surface area contributed by atoms with E-state index >= 15 is 0 Å². The van der Waals surface area contributed by atoms with Crippen LogP contribution in [0.5, 0.6) is 0 Å². The number of carbonyl (C=O) groups excluding carboxylic acids is 2. The van der Waals surface area contributed by atoms with E-state index in [1.54, 1.807) is 12.5 Å². The lowest BCUT2D eigenvalue weighted by atomic mass is 9.97. The van der Waals surface area contributed by atoms with Gasteiger partial charge >= 0.3 is 0 Å². The van der Waals surface area contributed by atoms with Crippen molar-refractivity contribution in [3.05, 3.63) is 70.6 Å². The van der Waals surface area contributed by atoms with Gasteiger partial charge in [0, 0.05) is 43.2 Å². The molecule has 7 nitrogen and oxygen atoms in total. The Hall–Kier alpha value is -3.44. The van der Waals surface area contributed by atoms with Crippen LogP contribution < -0.4 is 5.32 Å². The average molecular weight is 448 g/mol. The number of aryl methyl sites for hydroxylation is 1. The van der Waals surface area contributed by atoms with Crippen LogP contribution in [0.1, 0.15) is 47.3 Å². The van der Waals surface area contributed by atoms with Crippen molar-refractivity contribution in [1.29, 1.82) is 5.26 Å². The Bertz CT molecular complexity index is 1130. The zero-order valence-electron chi connectivity index (χ0n) is 18.0. The lowest BCUT2D eigenvalue weighted by molar-refractivity contribution is -0.132. The zero-order chi connectivity index (χ0) is 22.5. The second-order valence-corrected chi connectivity index (χ2v) is 9.10. The SMILES string of the molecule is CC(CC(=O)Nc1sc2c(c1C#N)CCN(C(=O)CCn1ccnc1)C2)c1ccccc1. The Balaban J connectivity index is 1.40. The quantitative estimate of drug-likeness (QED) is 0.594. The number of fused-ring (bicyclic) bond motifs is 1. The van der Waals surface area contributed by atoms with Crippen molar-refractivity contribution in [2.75, 3.05) is 11.9 Å². The first-order chi connectivity index (χ1) is 15.5. The average Bonchev–Trinajstić information content (AvgIpc) is 3.44. The molecule has 1 aliphatic heterocycles. The van der Waals surface area contributed by atoms with Crippen LogP contribution in [-0.4, -0.2) is 32.8 Å².